The van der Waals surface area contributed by atoms with Crippen LogP contribution in [-0.2, 0) is 0 Å². The molecule has 0 radical (unpaired) electrons. The summed E-state index contributed by atoms with van der Waals surface area (Å²) in [6.07, 6.45) is 3.10. The zero-order valence-corrected chi connectivity index (χ0v) is 14.1. The number of hydrogen-bond donors (Lipinski definition) is 1. The molecule has 0 spiro atoms. The highest BCUT2D eigenvalue weighted by Crippen LogP contribution is 2.34. The number of anilines is 1. The summed E-state index contributed by atoms with van der Waals surface area (Å²) in [4.78, 5) is 12.7. The topological polar surface area (TPSA) is 58.4 Å². The summed E-state index contributed by atoms with van der Waals surface area (Å²) >= 11 is 1.78. The van der Waals surface area contributed by atoms with Crippen molar-refractivity contribution in [2.75, 3.05) is 31.6 Å². The van der Waals surface area contributed by atoms with Crippen molar-refractivity contribution >= 4 is 34.0 Å². The van der Waals surface area contributed by atoms with Gasteiger partial charge in [-0.2, -0.15) is 0 Å². The minimum atomic E-state index is -0.427. The van der Waals surface area contributed by atoms with Crippen LogP contribution in [0.4, 0.5) is 15.8 Å². The van der Waals surface area contributed by atoms with Crippen LogP contribution in [0.15, 0.2) is 12.1 Å². The Morgan fingerprint density at radius 3 is 2.71 bits per heavy atom. The van der Waals surface area contributed by atoms with E-state index in [9.17, 15) is 14.5 Å². The van der Waals surface area contributed by atoms with Gasteiger partial charge >= 0.3 is 0 Å². The number of hydrogen-bond acceptors (Lipinski definition) is 4. The Balaban J connectivity index is 2.12. The molecule has 0 aliphatic carbocycles. The fraction of sp³-hybridized carbons (Fsp3) is 0.571. The lowest BCUT2D eigenvalue weighted by Gasteiger charge is -2.33. The Bertz CT molecular complexity index is 519. The Morgan fingerprint density at radius 1 is 1.48 bits per heavy atom. The molecule has 0 amide bonds. The molecule has 1 aliphatic rings. The summed E-state index contributed by atoms with van der Waals surface area (Å²) in [5, 5.41) is 14.3. The van der Waals surface area contributed by atoms with Gasteiger partial charge in [0, 0.05) is 25.2 Å². The molecule has 0 unspecified atom stereocenters. The van der Waals surface area contributed by atoms with Crippen LogP contribution in [0.1, 0.15) is 19.3 Å². The predicted octanol–water partition coefficient (Wildman–Crippen LogP) is 3.16. The second kappa shape index (κ2) is 7.35. The van der Waals surface area contributed by atoms with Crippen molar-refractivity contribution in [3.63, 3.8) is 0 Å². The van der Waals surface area contributed by atoms with Crippen LogP contribution < -0.4 is 10.2 Å². The molecule has 1 aromatic rings. The van der Waals surface area contributed by atoms with Crippen molar-refractivity contribution in [2.45, 2.75) is 19.3 Å². The maximum Gasteiger partial charge on any atom is 0.293 e. The molecule has 1 aromatic carbocycles. The number of benzene rings is 1. The van der Waals surface area contributed by atoms with Crippen LogP contribution in [0.2, 0.25) is 0 Å². The first kappa shape index (κ1) is 16.4. The summed E-state index contributed by atoms with van der Waals surface area (Å²) < 4.78 is 14.0. The summed E-state index contributed by atoms with van der Waals surface area (Å²) in [5.41, 5.74) is 0.402. The standard InChI is InChI=1S/C14H19FIN3O2/c1-17-5-2-10-3-6-18(7-4-10)13-8-11(15)12(16)9-14(13)19(20)21/h8-10,17H,2-7H2,1H3. The Hall–Kier alpha value is -0.960. The largest absolute Gasteiger partial charge is 0.366 e. The highest BCUT2D eigenvalue weighted by molar-refractivity contribution is 14.1. The number of nitrogens with zero attached hydrogens (tertiary/aromatic N) is 2. The van der Waals surface area contributed by atoms with Crippen molar-refractivity contribution in [3.8, 4) is 0 Å². The Labute approximate surface area is 137 Å². The number of nitrogens with one attached hydrogen (secondary N) is 1. The highest BCUT2D eigenvalue weighted by Gasteiger charge is 2.26. The maximum absolute atomic E-state index is 13.8. The zero-order valence-electron chi connectivity index (χ0n) is 11.9. The molecule has 116 valence electrons. The highest BCUT2D eigenvalue weighted by atomic mass is 127. The van der Waals surface area contributed by atoms with Gasteiger partial charge in [0.2, 0.25) is 0 Å². The fourth-order valence-corrected chi connectivity index (χ4v) is 3.19. The van der Waals surface area contributed by atoms with E-state index >= 15 is 0 Å². The molecule has 2 rings (SSSR count). The Morgan fingerprint density at radius 2 is 2.14 bits per heavy atom. The van der Waals surface area contributed by atoms with E-state index in [4.69, 9.17) is 0 Å². The van der Waals surface area contributed by atoms with Gasteiger partial charge in [0.05, 0.1) is 8.49 Å². The number of halogens is 2. The molecule has 0 bridgehead atoms. The number of rotatable bonds is 5. The first-order valence-corrected chi connectivity index (χ1v) is 8.13. The second-order valence-electron chi connectivity index (χ2n) is 5.33. The predicted molar refractivity (Wildman–Crippen MR) is 89.3 cm³/mol. The zero-order chi connectivity index (χ0) is 15.4. The smallest absolute Gasteiger partial charge is 0.293 e. The van der Waals surface area contributed by atoms with Gasteiger partial charge in [-0.3, -0.25) is 10.1 Å². The molecule has 0 aromatic heterocycles. The van der Waals surface area contributed by atoms with E-state index in [0.29, 0.717) is 11.6 Å². The van der Waals surface area contributed by atoms with Crippen LogP contribution in [-0.4, -0.2) is 31.6 Å². The van der Waals surface area contributed by atoms with Crippen molar-refractivity contribution in [1.29, 1.82) is 0 Å². The SMILES string of the molecule is CNCCC1CCN(c2cc(F)c(I)cc2[N+](=O)[O-])CC1. The molecule has 1 heterocycles. The normalized spacial score (nSPS) is 16.2. The van der Waals surface area contributed by atoms with Gasteiger partial charge in [-0.1, -0.05) is 0 Å². The lowest BCUT2D eigenvalue weighted by atomic mass is 9.93. The number of piperidine rings is 1. The van der Waals surface area contributed by atoms with E-state index < -0.39 is 10.7 Å². The minimum absolute atomic E-state index is 0.00512. The van der Waals surface area contributed by atoms with Crippen molar-refractivity contribution < 1.29 is 9.31 Å². The molecule has 1 N–H and O–H groups in total. The molecule has 1 aliphatic heterocycles. The average Bonchev–Trinajstić information content (AvgIpc) is 2.48. The Kier molecular flexibility index (Phi) is 5.74. The summed E-state index contributed by atoms with van der Waals surface area (Å²) in [6, 6.07) is 2.62. The molecule has 21 heavy (non-hydrogen) atoms. The average molecular weight is 407 g/mol. The van der Waals surface area contributed by atoms with Crippen molar-refractivity contribution in [1.82, 2.24) is 5.32 Å². The van der Waals surface area contributed by atoms with E-state index in [1.807, 2.05) is 11.9 Å². The fourth-order valence-electron chi connectivity index (χ4n) is 2.74. The number of nitro benzene ring substituents is 1. The molecule has 7 heteroatoms. The summed E-state index contributed by atoms with van der Waals surface area (Å²) in [5.74, 6) is 0.245. The third-order valence-corrected chi connectivity index (χ3v) is 4.80. The lowest BCUT2D eigenvalue weighted by molar-refractivity contribution is -0.384. The molecular formula is C14H19FIN3O2. The van der Waals surface area contributed by atoms with Gasteiger partial charge in [-0.15, -0.1) is 0 Å². The molecular weight excluding hydrogens is 388 g/mol. The summed E-state index contributed by atoms with van der Waals surface area (Å²) in [7, 11) is 1.94. The van der Waals surface area contributed by atoms with Crippen LogP contribution in [0.3, 0.4) is 0 Å². The molecule has 1 fully saturated rings. The van der Waals surface area contributed by atoms with Crippen LogP contribution in [0.5, 0.6) is 0 Å². The van der Waals surface area contributed by atoms with Crippen molar-refractivity contribution in [3.05, 3.63) is 31.6 Å². The number of nitro groups is 1. The third kappa shape index (κ3) is 4.03. The van der Waals surface area contributed by atoms with Gasteiger partial charge in [-0.25, -0.2) is 4.39 Å². The van der Waals surface area contributed by atoms with E-state index in [1.54, 1.807) is 22.6 Å². The van der Waals surface area contributed by atoms with E-state index in [-0.39, 0.29) is 9.26 Å². The van der Waals surface area contributed by atoms with Crippen LogP contribution in [0, 0.1) is 25.4 Å². The van der Waals surface area contributed by atoms with Gasteiger partial charge in [0.25, 0.3) is 5.69 Å². The molecule has 0 atom stereocenters. The molecule has 0 saturated carbocycles. The quantitative estimate of drug-likeness (QED) is 0.463. The summed E-state index contributed by atoms with van der Waals surface area (Å²) in [6.45, 7) is 2.48. The second-order valence-corrected chi connectivity index (χ2v) is 6.50. The van der Waals surface area contributed by atoms with E-state index in [2.05, 4.69) is 5.32 Å². The first-order valence-electron chi connectivity index (χ1n) is 7.06. The van der Waals surface area contributed by atoms with Gasteiger partial charge in [-0.05, 0) is 61.4 Å². The monoisotopic (exact) mass is 407 g/mol. The molecule has 5 nitrogen and oxygen atoms in total. The van der Waals surface area contributed by atoms with Gasteiger partial charge < -0.3 is 10.2 Å². The minimum Gasteiger partial charge on any atom is -0.366 e. The van der Waals surface area contributed by atoms with Gasteiger partial charge in [0.15, 0.2) is 0 Å². The first-order chi connectivity index (χ1) is 10.0. The third-order valence-electron chi connectivity index (χ3n) is 3.97. The maximum atomic E-state index is 13.8. The van der Waals surface area contributed by atoms with Gasteiger partial charge in [0.1, 0.15) is 11.5 Å². The van der Waals surface area contributed by atoms with E-state index in [1.165, 1.54) is 12.1 Å². The van der Waals surface area contributed by atoms with Crippen molar-refractivity contribution in [2.24, 2.45) is 5.92 Å². The van der Waals surface area contributed by atoms with Crippen LogP contribution in [0.25, 0.3) is 0 Å². The van der Waals surface area contributed by atoms with E-state index in [0.717, 1.165) is 38.9 Å². The molecule has 1 saturated heterocycles. The van der Waals surface area contributed by atoms with Crippen LogP contribution >= 0.6 is 22.6 Å². The lowest BCUT2D eigenvalue weighted by Crippen LogP contribution is -2.35.